The highest BCUT2D eigenvalue weighted by molar-refractivity contribution is 6.01. The molecule has 6 heteroatoms. The van der Waals surface area contributed by atoms with Gasteiger partial charge in [-0.05, 0) is 30.3 Å². The molecule has 0 saturated carbocycles. The van der Waals surface area contributed by atoms with Crippen LogP contribution in [0.5, 0.6) is 17.2 Å². The van der Waals surface area contributed by atoms with Gasteiger partial charge in [-0.3, -0.25) is 4.79 Å². The number of esters is 1. The number of carbonyl (C=O) groups excluding carboxylic acids is 2. The van der Waals surface area contributed by atoms with Gasteiger partial charge in [0.05, 0.1) is 31.5 Å². The molecular weight excluding hydrogens is 324 g/mol. The topological polar surface area (TPSA) is 71.1 Å². The van der Waals surface area contributed by atoms with E-state index in [2.05, 4.69) is 0 Å². The van der Waals surface area contributed by atoms with Crippen molar-refractivity contribution in [3.05, 3.63) is 53.6 Å². The first-order valence-electron chi connectivity index (χ1n) is 7.92. The van der Waals surface area contributed by atoms with Gasteiger partial charge >= 0.3 is 5.97 Å². The summed E-state index contributed by atoms with van der Waals surface area (Å²) in [6.45, 7) is 0.732. The molecule has 0 bridgehead atoms. The molecule has 0 N–H and O–H groups in total. The molecule has 2 aromatic carbocycles. The zero-order chi connectivity index (χ0) is 17.6. The minimum atomic E-state index is -0.598. The van der Waals surface area contributed by atoms with Crippen LogP contribution >= 0.6 is 0 Å². The summed E-state index contributed by atoms with van der Waals surface area (Å²) in [6, 6.07) is 11.6. The van der Waals surface area contributed by atoms with Gasteiger partial charge in [0.2, 0.25) is 5.78 Å². The zero-order valence-electron chi connectivity index (χ0n) is 13.8. The van der Waals surface area contributed by atoms with Gasteiger partial charge in [0.1, 0.15) is 5.75 Å². The molecule has 2 aromatic rings. The Morgan fingerprint density at radius 1 is 1.04 bits per heavy atom. The van der Waals surface area contributed by atoms with Crippen LogP contribution in [0.25, 0.3) is 0 Å². The molecule has 0 unspecified atom stereocenters. The fraction of sp³-hybridized carbons (Fsp3) is 0.263. The molecule has 1 aliphatic rings. The normalized spacial score (nSPS) is 12.8. The Morgan fingerprint density at radius 3 is 2.60 bits per heavy atom. The first-order chi connectivity index (χ1) is 12.2. The molecule has 0 atom stereocenters. The molecule has 0 spiro atoms. The van der Waals surface area contributed by atoms with E-state index in [1.807, 2.05) is 0 Å². The molecular formula is C19H18O6. The third-order valence-corrected chi connectivity index (χ3v) is 3.72. The highest BCUT2D eigenvalue weighted by Crippen LogP contribution is 2.30. The Hall–Kier alpha value is -3.02. The Morgan fingerprint density at radius 2 is 1.80 bits per heavy atom. The number of ketones is 1. The molecule has 0 aromatic heterocycles. The number of ether oxygens (including phenoxy) is 4. The fourth-order valence-corrected chi connectivity index (χ4v) is 2.46. The van der Waals surface area contributed by atoms with Crippen molar-refractivity contribution in [2.45, 2.75) is 6.42 Å². The smallest absolute Gasteiger partial charge is 0.338 e. The van der Waals surface area contributed by atoms with Gasteiger partial charge in [0.25, 0.3) is 0 Å². The van der Waals surface area contributed by atoms with Crippen LogP contribution in [-0.2, 0) is 4.74 Å². The van der Waals surface area contributed by atoms with Crippen molar-refractivity contribution in [1.82, 2.24) is 0 Å². The van der Waals surface area contributed by atoms with E-state index >= 15 is 0 Å². The second kappa shape index (κ2) is 7.70. The zero-order valence-corrected chi connectivity index (χ0v) is 13.8. The second-order valence-corrected chi connectivity index (χ2v) is 5.41. The van der Waals surface area contributed by atoms with Crippen LogP contribution in [0.3, 0.4) is 0 Å². The lowest BCUT2D eigenvalue weighted by Gasteiger charge is -2.10. The van der Waals surface area contributed by atoms with Gasteiger partial charge in [-0.25, -0.2) is 4.79 Å². The van der Waals surface area contributed by atoms with Crippen LogP contribution in [-0.4, -0.2) is 38.7 Å². The summed E-state index contributed by atoms with van der Waals surface area (Å²) in [6.07, 6.45) is 0.780. The number of fused-ring (bicyclic) bond motifs is 1. The minimum absolute atomic E-state index is 0.303. The lowest BCUT2D eigenvalue weighted by atomic mass is 10.1. The van der Waals surface area contributed by atoms with Gasteiger partial charge < -0.3 is 18.9 Å². The van der Waals surface area contributed by atoms with Gasteiger partial charge in [0, 0.05) is 6.42 Å². The molecule has 0 amide bonds. The van der Waals surface area contributed by atoms with Crippen LogP contribution < -0.4 is 14.2 Å². The SMILES string of the molecule is COc1ccccc1C(=O)COC(=O)c1ccc2c(c1)OCCCO2. The first kappa shape index (κ1) is 16.8. The Balaban J connectivity index is 1.66. The second-order valence-electron chi connectivity index (χ2n) is 5.41. The highest BCUT2D eigenvalue weighted by Gasteiger charge is 2.17. The number of methoxy groups -OCH3 is 1. The number of carbonyl (C=O) groups is 2. The van der Waals surface area contributed by atoms with Gasteiger partial charge in [0.15, 0.2) is 18.1 Å². The first-order valence-corrected chi connectivity index (χ1v) is 7.92. The Kier molecular flexibility index (Phi) is 5.18. The average molecular weight is 342 g/mol. The highest BCUT2D eigenvalue weighted by atomic mass is 16.5. The number of para-hydroxylation sites is 1. The number of benzene rings is 2. The van der Waals surface area contributed by atoms with E-state index in [9.17, 15) is 9.59 Å². The fourth-order valence-electron chi connectivity index (χ4n) is 2.46. The molecule has 0 radical (unpaired) electrons. The molecule has 3 rings (SSSR count). The van der Waals surface area contributed by atoms with E-state index in [-0.39, 0.29) is 12.4 Å². The van der Waals surface area contributed by atoms with Gasteiger partial charge in [-0.15, -0.1) is 0 Å². The predicted molar refractivity (Wildman–Crippen MR) is 89.7 cm³/mol. The standard InChI is InChI=1S/C19H18O6/c1-22-16-6-3-2-5-14(16)15(20)12-25-19(21)13-7-8-17-18(11-13)24-10-4-9-23-17/h2-3,5-8,11H,4,9-10,12H2,1H3. The monoisotopic (exact) mass is 342 g/mol. The minimum Gasteiger partial charge on any atom is -0.496 e. The van der Waals surface area contributed by atoms with E-state index in [1.165, 1.54) is 7.11 Å². The van der Waals surface area contributed by atoms with Crippen molar-refractivity contribution in [2.24, 2.45) is 0 Å². The van der Waals surface area contributed by atoms with E-state index in [0.29, 0.717) is 41.6 Å². The summed E-state index contributed by atoms with van der Waals surface area (Å²) >= 11 is 0. The summed E-state index contributed by atoms with van der Waals surface area (Å²) in [4.78, 5) is 24.4. The molecule has 0 saturated heterocycles. The quantitative estimate of drug-likeness (QED) is 0.615. The molecule has 130 valence electrons. The number of rotatable bonds is 5. The third-order valence-electron chi connectivity index (χ3n) is 3.72. The molecule has 1 aliphatic heterocycles. The van der Waals surface area contributed by atoms with Crippen molar-refractivity contribution in [3.8, 4) is 17.2 Å². The van der Waals surface area contributed by atoms with E-state index in [4.69, 9.17) is 18.9 Å². The maximum atomic E-state index is 12.2. The van der Waals surface area contributed by atoms with Crippen LogP contribution in [0.1, 0.15) is 27.1 Å². The number of hydrogen-bond donors (Lipinski definition) is 0. The van der Waals surface area contributed by atoms with E-state index in [0.717, 1.165) is 6.42 Å². The number of hydrogen-bond acceptors (Lipinski definition) is 6. The van der Waals surface area contributed by atoms with Crippen molar-refractivity contribution in [1.29, 1.82) is 0 Å². The largest absolute Gasteiger partial charge is 0.496 e. The maximum Gasteiger partial charge on any atom is 0.338 e. The van der Waals surface area contributed by atoms with Crippen LogP contribution in [0, 0.1) is 0 Å². The molecule has 0 aliphatic carbocycles. The van der Waals surface area contributed by atoms with Crippen molar-refractivity contribution in [2.75, 3.05) is 26.9 Å². The van der Waals surface area contributed by atoms with Crippen LogP contribution in [0.2, 0.25) is 0 Å². The lowest BCUT2D eigenvalue weighted by molar-refractivity contribution is 0.0473. The average Bonchev–Trinajstić information content (AvgIpc) is 2.90. The van der Waals surface area contributed by atoms with Crippen molar-refractivity contribution < 1.29 is 28.5 Å². The maximum absolute atomic E-state index is 12.2. The molecule has 6 nitrogen and oxygen atoms in total. The van der Waals surface area contributed by atoms with Crippen molar-refractivity contribution in [3.63, 3.8) is 0 Å². The van der Waals surface area contributed by atoms with Crippen LogP contribution in [0.4, 0.5) is 0 Å². The summed E-state index contributed by atoms with van der Waals surface area (Å²) in [5.41, 5.74) is 0.675. The Bertz CT molecular complexity index is 783. The molecule has 1 heterocycles. The Labute approximate surface area is 145 Å². The van der Waals surface area contributed by atoms with E-state index < -0.39 is 5.97 Å². The van der Waals surface area contributed by atoms with Gasteiger partial charge in [-0.2, -0.15) is 0 Å². The lowest BCUT2D eigenvalue weighted by Crippen LogP contribution is -2.15. The summed E-state index contributed by atoms with van der Waals surface area (Å²) < 4.78 is 21.3. The van der Waals surface area contributed by atoms with Crippen LogP contribution in [0.15, 0.2) is 42.5 Å². The van der Waals surface area contributed by atoms with E-state index in [1.54, 1.807) is 42.5 Å². The van der Waals surface area contributed by atoms with Gasteiger partial charge in [-0.1, -0.05) is 12.1 Å². The summed E-state index contributed by atoms with van der Waals surface area (Å²) in [7, 11) is 1.48. The molecule has 0 fully saturated rings. The van der Waals surface area contributed by atoms with Crippen molar-refractivity contribution >= 4 is 11.8 Å². The number of Topliss-reactive ketones (excluding diaryl/α,β-unsaturated/α-hetero) is 1. The summed E-state index contributed by atoms with van der Waals surface area (Å²) in [5, 5.41) is 0. The third kappa shape index (κ3) is 3.91. The molecule has 25 heavy (non-hydrogen) atoms. The predicted octanol–water partition coefficient (Wildman–Crippen LogP) is 2.90. The summed E-state index contributed by atoms with van der Waals surface area (Å²) in [5.74, 6) is 0.611.